The number of nitrogens with zero attached hydrogens (tertiary/aromatic N) is 1. The highest BCUT2D eigenvalue weighted by molar-refractivity contribution is 5.92. The van der Waals surface area contributed by atoms with Gasteiger partial charge in [-0.15, -0.1) is 0 Å². The number of rotatable bonds is 14. The van der Waals surface area contributed by atoms with Crippen LogP contribution in [0.4, 0.5) is 0 Å². The van der Waals surface area contributed by atoms with Gasteiger partial charge in [0.05, 0.1) is 6.04 Å². The molecule has 1 aromatic rings. The van der Waals surface area contributed by atoms with Crippen molar-refractivity contribution in [1.82, 2.24) is 10.6 Å². The summed E-state index contributed by atoms with van der Waals surface area (Å²) in [6.45, 7) is 2.30. The van der Waals surface area contributed by atoms with Crippen LogP contribution in [-0.2, 0) is 20.8 Å². The fourth-order valence-corrected chi connectivity index (χ4v) is 2.95. The minimum Gasteiger partial charge on any atom is -0.370 e. The number of carbonyl (C=O) groups excluding carboxylic acids is 3. The van der Waals surface area contributed by atoms with Crippen LogP contribution < -0.4 is 33.6 Å². The van der Waals surface area contributed by atoms with Gasteiger partial charge in [0.2, 0.25) is 17.7 Å². The molecule has 0 fully saturated rings. The summed E-state index contributed by atoms with van der Waals surface area (Å²) in [7, 11) is 0. The van der Waals surface area contributed by atoms with Crippen molar-refractivity contribution in [3.05, 3.63) is 35.9 Å². The van der Waals surface area contributed by atoms with Crippen molar-refractivity contribution in [3.8, 4) is 0 Å². The molecule has 0 heterocycles. The van der Waals surface area contributed by atoms with Gasteiger partial charge >= 0.3 is 0 Å². The van der Waals surface area contributed by atoms with Crippen molar-refractivity contribution in [2.45, 2.75) is 63.6 Å². The highest BCUT2D eigenvalue weighted by atomic mass is 16.2. The van der Waals surface area contributed by atoms with Crippen molar-refractivity contribution in [2.75, 3.05) is 6.54 Å². The molecule has 1 rings (SSSR count). The van der Waals surface area contributed by atoms with Gasteiger partial charge in [-0.3, -0.25) is 19.4 Å². The summed E-state index contributed by atoms with van der Waals surface area (Å²) in [6.07, 6.45) is 3.18. The lowest BCUT2D eigenvalue weighted by Crippen LogP contribution is -2.55. The number of aliphatic imine (C=N–C) groups is 1. The van der Waals surface area contributed by atoms with Crippen molar-refractivity contribution in [2.24, 2.45) is 27.9 Å². The van der Waals surface area contributed by atoms with Crippen LogP contribution in [0.15, 0.2) is 35.3 Å². The number of guanidine groups is 1. The Labute approximate surface area is 183 Å². The first-order valence-electron chi connectivity index (χ1n) is 10.5. The third kappa shape index (κ3) is 10.4. The predicted octanol–water partition coefficient (Wildman–Crippen LogP) is -0.745. The van der Waals surface area contributed by atoms with Crippen LogP contribution in [0.2, 0.25) is 0 Å². The van der Waals surface area contributed by atoms with Gasteiger partial charge in [0, 0.05) is 13.0 Å². The molecule has 0 aliphatic rings. The maximum atomic E-state index is 12.9. The molecule has 0 aliphatic heterocycles. The maximum absolute atomic E-state index is 12.9. The predicted molar refractivity (Wildman–Crippen MR) is 121 cm³/mol. The number of hydrogen-bond acceptors (Lipinski definition) is 5. The summed E-state index contributed by atoms with van der Waals surface area (Å²) in [6, 6.07) is 6.66. The molecule has 0 saturated heterocycles. The summed E-state index contributed by atoms with van der Waals surface area (Å²) in [5, 5.41) is 5.33. The fourth-order valence-electron chi connectivity index (χ4n) is 2.95. The molecule has 1 aromatic carbocycles. The topological polar surface area (TPSA) is 192 Å². The highest BCUT2D eigenvalue weighted by Gasteiger charge is 2.27. The second-order valence-corrected chi connectivity index (χ2v) is 7.41. The number of hydrogen-bond donors (Lipinski definition) is 6. The molecule has 10 nitrogen and oxygen atoms in total. The number of unbranched alkanes of at least 4 members (excludes halogenated alkanes) is 1. The Hall–Kier alpha value is -3.14. The molecule has 172 valence electrons. The van der Waals surface area contributed by atoms with E-state index in [1.54, 1.807) is 0 Å². The Morgan fingerprint density at radius 3 is 2.16 bits per heavy atom. The van der Waals surface area contributed by atoms with Gasteiger partial charge in [0.1, 0.15) is 12.1 Å². The number of benzene rings is 1. The Kier molecular flexibility index (Phi) is 11.7. The smallest absolute Gasteiger partial charge is 0.243 e. The molecular weight excluding hydrogens is 398 g/mol. The van der Waals surface area contributed by atoms with E-state index in [9.17, 15) is 14.4 Å². The van der Waals surface area contributed by atoms with E-state index in [0.29, 0.717) is 19.4 Å². The lowest BCUT2D eigenvalue weighted by atomic mass is 10.0. The number of nitrogens with one attached hydrogen (secondary N) is 2. The molecule has 3 atom stereocenters. The van der Waals surface area contributed by atoms with E-state index in [4.69, 9.17) is 22.9 Å². The average Bonchev–Trinajstić information content (AvgIpc) is 2.73. The molecule has 0 bridgehead atoms. The number of carbonyl (C=O) groups is 3. The number of nitrogens with two attached hydrogens (primary N) is 4. The molecular formula is C21H35N7O3. The van der Waals surface area contributed by atoms with E-state index in [0.717, 1.165) is 18.4 Å². The van der Waals surface area contributed by atoms with Crippen molar-refractivity contribution >= 4 is 23.7 Å². The normalized spacial score (nSPS) is 13.5. The van der Waals surface area contributed by atoms with Crippen LogP contribution in [0.25, 0.3) is 0 Å². The molecule has 0 unspecified atom stereocenters. The van der Waals surface area contributed by atoms with Gasteiger partial charge in [0.25, 0.3) is 0 Å². The SMILES string of the molecule is CCCC[C@H](N)C(=O)N[C@@H](CCCN=C(N)N)C(=O)N[C@H](Cc1ccccc1)C(N)=O. The van der Waals surface area contributed by atoms with Crippen LogP contribution in [0.1, 0.15) is 44.6 Å². The van der Waals surface area contributed by atoms with Gasteiger partial charge in [-0.1, -0.05) is 50.1 Å². The lowest BCUT2D eigenvalue weighted by Gasteiger charge is -2.23. The largest absolute Gasteiger partial charge is 0.370 e. The second kappa shape index (κ2) is 14.0. The van der Waals surface area contributed by atoms with Gasteiger partial charge in [-0.05, 0) is 24.8 Å². The standard InChI is InChI=1S/C21H35N7O3/c1-2-3-10-15(22)19(30)27-16(11-7-12-26-21(24)25)20(31)28-17(18(23)29)13-14-8-5-4-6-9-14/h4-6,8-9,15-17H,2-3,7,10-13,22H2,1H3,(H2,23,29)(H,27,30)(H,28,31)(H4,24,25,26)/t15-,16-,17+/m0/s1. The van der Waals surface area contributed by atoms with Crippen LogP contribution in [0.3, 0.4) is 0 Å². The zero-order chi connectivity index (χ0) is 23.2. The van der Waals surface area contributed by atoms with E-state index >= 15 is 0 Å². The zero-order valence-electron chi connectivity index (χ0n) is 18.0. The van der Waals surface area contributed by atoms with E-state index in [-0.39, 0.29) is 18.8 Å². The summed E-state index contributed by atoms with van der Waals surface area (Å²) in [5.41, 5.74) is 22.9. The molecule has 10 N–H and O–H groups in total. The van der Waals surface area contributed by atoms with Crippen molar-refractivity contribution < 1.29 is 14.4 Å². The lowest BCUT2D eigenvalue weighted by molar-refractivity contribution is -0.132. The van der Waals surface area contributed by atoms with Gasteiger partial charge in [-0.2, -0.15) is 0 Å². The Balaban J connectivity index is 2.84. The van der Waals surface area contributed by atoms with Crippen LogP contribution in [0.5, 0.6) is 0 Å². The van der Waals surface area contributed by atoms with E-state index in [2.05, 4.69) is 15.6 Å². The third-order valence-corrected chi connectivity index (χ3v) is 4.73. The molecule has 0 aromatic heterocycles. The first-order valence-corrected chi connectivity index (χ1v) is 10.5. The van der Waals surface area contributed by atoms with E-state index in [1.165, 1.54) is 0 Å². The summed E-state index contributed by atoms with van der Waals surface area (Å²) >= 11 is 0. The molecule has 0 aliphatic carbocycles. The number of amides is 3. The molecule has 10 heteroatoms. The number of primary amides is 1. The monoisotopic (exact) mass is 433 g/mol. The third-order valence-electron chi connectivity index (χ3n) is 4.73. The zero-order valence-corrected chi connectivity index (χ0v) is 18.0. The van der Waals surface area contributed by atoms with E-state index in [1.807, 2.05) is 37.3 Å². The molecule has 3 amide bonds. The second-order valence-electron chi connectivity index (χ2n) is 7.41. The quantitative estimate of drug-likeness (QED) is 0.127. The molecule has 0 saturated carbocycles. The fraction of sp³-hybridized carbons (Fsp3) is 0.524. The van der Waals surface area contributed by atoms with Crippen molar-refractivity contribution in [3.63, 3.8) is 0 Å². The van der Waals surface area contributed by atoms with Gasteiger partial charge < -0.3 is 33.6 Å². The average molecular weight is 434 g/mol. The van der Waals surface area contributed by atoms with Gasteiger partial charge in [-0.25, -0.2) is 0 Å². The maximum Gasteiger partial charge on any atom is 0.243 e. The van der Waals surface area contributed by atoms with Crippen LogP contribution in [0, 0.1) is 0 Å². The Morgan fingerprint density at radius 1 is 0.935 bits per heavy atom. The summed E-state index contributed by atoms with van der Waals surface area (Å²) in [5.74, 6) is -1.65. The molecule has 31 heavy (non-hydrogen) atoms. The minimum atomic E-state index is -0.916. The Morgan fingerprint density at radius 2 is 1.58 bits per heavy atom. The van der Waals surface area contributed by atoms with Gasteiger partial charge in [0.15, 0.2) is 5.96 Å². The van der Waals surface area contributed by atoms with E-state index < -0.39 is 35.8 Å². The highest BCUT2D eigenvalue weighted by Crippen LogP contribution is 2.06. The summed E-state index contributed by atoms with van der Waals surface area (Å²) < 4.78 is 0. The first kappa shape index (κ1) is 25.9. The minimum absolute atomic E-state index is 0.0525. The van der Waals surface area contributed by atoms with Crippen LogP contribution >= 0.6 is 0 Å². The van der Waals surface area contributed by atoms with Crippen molar-refractivity contribution in [1.29, 1.82) is 0 Å². The molecule has 0 spiro atoms. The summed E-state index contributed by atoms with van der Waals surface area (Å²) in [4.78, 5) is 41.1. The first-order chi connectivity index (χ1) is 14.7. The van der Waals surface area contributed by atoms with Crippen LogP contribution in [-0.4, -0.2) is 48.4 Å². The Bertz CT molecular complexity index is 736. The molecule has 0 radical (unpaired) electrons.